The molecule has 1 aromatic carbocycles. The molecule has 3 rings (SSSR count). The van der Waals surface area contributed by atoms with Crippen LogP contribution >= 0.6 is 0 Å². The SMILES string of the molecule is CN(Cc1cccc(C(F)(F)F)c1)c1ccnc(C2CC2)n1. The maximum atomic E-state index is 12.7. The predicted molar refractivity (Wildman–Crippen MR) is 77.6 cm³/mol. The van der Waals surface area contributed by atoms with Gasteiger partial charge >= 0.3 is 6.18 Å². The van der Waals surface area contributed by atoms with Gasteiger partial charge in [0.05, 0.1) is 5.56 Å². The highest BCUT2D eigenvalue weighted by molar-refractivity contribution is 5.39. The van der Waals surface area contributed by atoms with Gasteiger partial charge in [-0.05, 0) is 36.6 Å². The van der Waals surface area contributed by atoms with E-state index in [1.165, 1.54) is 12.1 Å². The van der Waals surface area contributed by atoms with Gasteiger partial charge in [-0.2, -0.15) is 13.2 Å². The van der Waals surface area contributed by atoms with Crippen molar-refractivity contribution in [2.24, 2.45) is 0 Å². The molecule has 116 valence electrons. The third-order valence-electron chi connectivity index (χ3n) is 3.67. The molecule has 1 aliphatic rings. The minimum atomic E-state index is -4.32. The number of benzene rings is 1. The van der Waals surface area contributed by atoms with Gasteiger partial charge in [0.25, 0.3) is 0 Å². The van der Waals surface area contributed by atoms with Crippen molar-refractivity contribution in [1.82, 2.24) is 9.97 Å². The summed E-state index contributed by atoms with van der Waals surface area (Å²) in [5.74, 6) is 2.00. The van der Waals surface area contributed by atoms with Gasteiger partial charge in [0.15, 0.2) is 0 Å². The summed E-state index contributed by atoms with van der Waals surface area (Å²) in [5, 5.41) is 0. The molecule has 22 heavy (non-hydrogen) atoms. The van der Waals surface area contributed by atoms with Crippen LogP contribution in [0.25, 0.3) is 0 Å². The quantitative estimate of drug-likeness (QED) is 0.854. The van der Waals surface area contributed by atoms with Crippen LogP contribution in [0.5, 0.6) is 0 Å². The Morgan fingerprint density at radius 1 is 1.23 bits per heavy atom. The lowest BCUT2D eigenvalue weighted by atomic mass is 10.1. The lowest BCUT2D eigenvalue weighted by molar-refractivity contribution is -0.137. The van der Waals surface area contributed by atoms with Crippen molar-refractivity contribution < 1.29 is 13.2 Å². The van der Waals surface area contributed by atoms with Crippen molar-refractivity contribution in [2.75, 3.05) is 11.9 Å². The molecule has 2 aromatic rings. The molecule has 1 aliphatic carbocycles. The molecule has 1 fully saturated rings. The summed E-state index contributed by atoms with van der Waals surface area (Å²) >= 11 is 0. The van der Waals surface area contributed by atoms with Crippen LogP contribution in [0.3, 0.4) is 0 Å². The maximum absolute atomic E-state index is 12.7. The van der Waals surface area contributed by atoms with E-state index in [4.69, 9.17) is 0 Å². The van der Waals surface area contributed by atoms with E-state index in [1.54, 1.807) is 18.3 Å². The highest BCUT2D eigenvalue weighted by atomic mass is 19.4. The van der Waals surface area contributed by atoms with Gasteiger partial charge < -0.3 is 4.90 Å². The summed E-state index contributed by atoms with van der Waals surface area (Å²) in [7, 11) is 1.82. The molecule has 1 saturated carbocycles. The minimum absolute atomic E-state index is 0.366. The zero-order valence-electron chi connectivity index (χ0n) is 12.1. The van der Waals surface area contributed by atoms with Crippen molar-refractivity contribution >= 4 is 5.82 Å². The molecule has 1 heterocycles. The zero-order valence-corrected chi connectivity index (χ0v) is 12.1. The third-order valence-corrected chi connectivity index (χ3v) is 3.67. The molecular weight excluding hydrogens is 291 g/mol. The number of alkyl halides is 3. The largest absolute Gasteiger partial charge is 0.416 e. The number of hydrogen-bond acceptors (Lipinski definition) is 3. The van der Waals surface area contributed by atoms with Crippen LogP contribution in [0.1, 0.15) is 35.7 Å². The van der Waals surface area contributed by atoms with E-state index < -0.39 is 11.7 Å². The summed E-state index contributed by atoms with van der Waals surface area (Å²) in [5.41, 5.74) is -0.0244. The normalized spacial score (nSPS) is 14.9. The van der Waals surface area contributed by atoms with Gasteiger partial charge in [0, 0.05) is 25.7 Å². The van der Waals surface area contributed by atoms with Gasteiger partial charge in [-0.25, -0.2) is 9.97 Å². The van der Waals surface area contributed by atoms with Gasteiger partial charge in [0.1, 0.15) is 11.6 Å². The Bertz CT molecular complexity index is 666. The van der Waals surface area contributed by atoms with Crippen LogP contribution in [0.4, 0.5) is 19.0 Å². The molecule has 1 aromatic heterocycles. The van der Waals surface area contributed by atoms with Crippen LogP contribution in [0.15, 0.2) is 36.5 Å². The van der Waals surface area contributed by atoms with Crippen molar-refractivity contribution in [3.63, 3.8) is 0 Å². The van der Waals surface area contributed by atoms with Crippen molar-refractivity contribution in [3.8, 4) is 0 Å². The van der Waals surface area contributed by atoms with E-state index in [2.05, 4.69) is 9.97 Å². The molecule has 0 unspecified atom stereocenters. The van der Waals surface area contributed by atoms with Crippen LogP contribution in [-0.4, -0.2) is 17.0 Å². The van der Waals surface area contributed by atoms with E-state index in [-0.39, 0.29) is 0 Å². The van der Waals surface area contributed by atoms with Gasteiger partial charge in [-0.3, -0.25) is 0 Å². The van der Waals surface area contributed by atoms with Crippen LogP contribution in [-0.2, 0) is 12.7 Å². The molecule has 0 amide bonds. The molecule has 3 nitrogen and oxygen atoms in total. The van der Waals surface area contributed by atoms with Crippen LogP contribution < -0.4 is 4.90 Å². The average Bonchev–Trinajstić information content (AvgIpc) is 3.31. The second-order valence-corrected chi connectivity index (χ2v) is 5.60. The Kier molecular flexibility index (Phi) is 3.76. The molecule has 0 saturated heterocycles. The smallest absolute Gasteiger partial charge is 0.355 e. The molecule has 0 aliphatic heterocycles. The fourth-order valence-corrected chi connectivity index (χ4v) is 2.32. The summed E-state index contributed by atoms with van der Waals surface area (Å²) in [6.45, 7) is 0.366. The predicted octanol–water partition coefficient (Wildman–Crippen LogP) is 4.01. The highest BCUT2D eigenvalue weighted by Gasteiger charge is 2.30. The summed E-state index contributed by atoms with van der Waals surface area (Å²) in [4.78, 5) is 10.6. The fraction of sp³-hybridized carbons (Fsp3) is 0.375. The number of rotatable bonds is 4. The maximum Gasteiger partial charge on any atom is 0.416 e. The van der Waals surface area contributed by atoms with E-state index >= 15 is 0 Å². The van der Waals surface area contributed by atoms with Gasteiger partial charge in [-0.1, -0.05) is 12.1 Å². The minimum Gasteiger partial charge on any atom is -0.355 e. The fourth-order valence-electron chi connectivity index (χ4n) is 2.32. The van der Waals surface area contributed by atoms with Crippen LogP contribution in [0, 0.1) is 0 Å². The highest BCUT2D eigenvalue weighted by Crippen LogP contribution is 2.38. The van der Waals surface area contributed by atoms with E-state index in [0.29, 0.717) is 18.0 Å². The molecule has 0 bridgehead atoms. The second kappa shape index (κ2) is 5.59. The van der Waals surface area contributed by atoms with Gasteiger partial charge in [-0.15, -0.1) is 0 Å². The number of nitrogens with zero attached hydrogens (tertiary/aromatic N) is 3. The second-order valence-electron chi connectivity index (χ2n) is 5.60. The first-order valence-electron chi connectivity index (χ1n) is 7.14. The van der Waals surface area contributed by atoms with E-state index in [1.807, 2.05) is 11.9 Å². The van der Waals surface area contributed by atoms with Crippen LogP contribution in [0.2, 0.25) is 0 Å². The summed E-state index contributed by atoms with van der Waals surface area (Å²) in [6.07, 6.45) is -0.386. The lowest BCUT2D eigenvalue weighted by Gasteiger charge is -2.19. The van der Waals surface area contributed by atoms with E-state index in [9.17, 15) is 13.2 Å². The summed E-state index contributed by atoms with van der Waals surface area (Å²) < 4.78 is 38.2. The monoisotopic (exact) mass is 307 g/mol. The summed E-state index contributed by atoms with van der Waals surface area (Å²) in [6, 6.07) is 7.16. The molecule has 0 radical (unpaired) electrons. The van der Waals surface area contributed by atoms with Gasteiger partial charge in [0.2, 0.25) is 0 Å². The van der Waals surface area contributed by atoms with Crippen molar-refractivity contribution in [3.05, 3.63) is 53.5 Å². The number of hydrogen-bond donors (Lipinski definition) is 0. The first-order valence-corrected chi connectivity index (χ1v) is 7.14. The third kappa shape index (κ3) is 3.37. The number of halogens is 3. The number of aromatic nitrogens is 2. The molecule has 0 atom stereocenters. The first kappa shape index (κ1) is 14.8. The molecule has 0 N–H and O–H groups in total. The Hall–Kier alpha value is -2.11. The van der Waals surface area contributed by atoms with E-state index in [0.717, 1.165) is 30.6 Å². The molecular formula is C16H16F3N3. The Morgan fingerprint density at radius 3 is 2.68 bits per heavy atom. The Labute approximate surface area is 126 Å². The lowest BCUT2D eigenvalue weighted by Crippen LogP contribution is -2.19. The zero-order chi connectivity index (χ0) is 15.7. The van der Waals surface area contributed by atoms with Crippen molar-refractivity contribution in [2.45, 2.75) is 31.5 Å². The Balaban J connectivity index is 1.76. The topological polar surface area (TPSA) is 29.0 Å². The first-order chi connectivity index (χ1) is 10.4. The van der Waals surface area contributed by atoms with Crippen molar-refractivity contribution in [1.29, 1.82) is 0 Å². The Morgan fingerprint density at radius 2 is 2.00 bits per heavy atom. The number of anilines is 1. The average molecular weight is 307 g/mol. The standard InChI is InChI=1S/C16H16F3N3/c1-22(14-7-8-20-15(21-14)12-5-6-12)10-11-3-2-4-13(9-11)16(17,18)19/h2-4,7-9,12H,5-6,10H2,1H3. The molecule has 6 heteroatoms. The molecule has 0 spiro atoms.